The van der Waals surface area contributed by atoms with Crippen LogP contribution in [0.1, 0.15) is 31.2 Å². The van der Waals surface area contributed by atoms with Crippen LogP contribution in [0.15, 0.2) is 18.2 Å². The molecule has 0 radical (unpaired) electrons. The summed E-state index contributed by atoms with van der Waals surface area (Å²) in [5.41, 5.74) is 0.782. The average Bonchev–Trinajstić information content (AvgIpc) is 2.48. The summed E-state index contributed by atoms with van der Waals surface area (Å²) in [5.74, 6) is 0.149. The highest BCUT2D eigenvalue weighted by molar-refractivity contribution is 5.76. The van der Waals surface area contributed by atoms with Gasteiger partial charge in [-0.05, 0) is 32.5 Å². The third-order valence-corrected chi connectivity index (χ3v) is 4.07. The van der Waals surface area contributed by atoms with Crippen molar-refractivity contribution < 1.29 is 13.9 Å². The number of amides is 1. The highest BCUT2D eigenvalue weighted by Gasteiger charge is 2.21. The van der Waals surface area contributed by atoms with Gasteiger partial charge in [0.25, 0.3) is 0 Å². The molecule has 1 amide bonds. The van der Waals surface area contributed by atoms with Crippen LogP contribution >= 0.6 is 0 Å². The molecule has 4 nitrogen and oxygen atoms in total. The second-order valence-corrected chi connectivity index (χ2v) is 5.57. The van der Waals surface area contributed by atoms with Crippen molar-refractivity contribution in [1.29, 1.82) is 0 Å². The van der Waals surface area contributed by atoms with Crippen LogP contribution in [0.25, 0.3) is 0 Å². The second-order valence-electron chi connectivity index (χ2n) is 5.57. The first-order chi connectivity index (χ1) is 10.1. The summed E-state index contributed by atoms with van der Waals surface area (Å²) in [6.07, 6.45) is 3.99. The molecule has 1 heterocycles. The van der Waals surface area contributed by atoms with Crippen molar-refractivity contribution in [3.63, 3.8) is 0 Å². The zero-order valence-electron chi connectivity index (χ0n) is 12.7. The Kier molecular flexibility index (Phi) is 5.56. The summed E-state index contributed by atoms with van der Waals surface area (Å²) in [6.45, 7) is 1.42. The number of carbonyl (C=O) groups is 1. The molecule has 21 heavy (non-hydrogen) atoms. The molecule has 0 bridgehead atoms. The zero-order chi connectivity index (χ0) is 15.2. The largest absolute Gasteiger partial charge is 0.496 e. The van der Waals surface area contributed by atoms with Gasteiger partial charge in [-0.15, -0.1) is 0 Å². The molecule has 2 rings (SSSR count). The standard InChI is InChI=1S/C16H23FN2O2/c1-19-8-4-3-5-14(19)10-16(20)18-11-12-6-7-13(17)9-15(12)21-2/h6-7,9,14H,3-5,8,10-11H2,1-2H3,(H,18,20). The Morgan fingerprint density at radius 3 is 3.00 bits per heavy atom. The lowest BCUT2D eigenvalue weighted by atomic mass is 10.00. The molecule has 1 fully saturated rings. The predicted octanol–water partition coefficient (Wildman–Crippen LogP) is 2.32. The number of benzene rings is 1. The zero-order valence-corrected chi connectivity index (χ0v) is 12.7. The van der Waals surface area contributed by atoms with Gasteiger partial charge in [0.15, 0.2) is 0 Å². The highest BCUT2D eigenvalue weighted by atomic mass is 19.1. The quantitative estimate of drug-likeness (QED) is 0.906. The normalized spacial score (nSPS) is 19.3. The van der Waals surface area contributed by atoms with Gasteiger partial charge in [-0.2, -0.15) is 0 Å². The average molecular weight is 294 g/mol. The number of nitrogens with one attached hydrogen (secondary N) is 1. The fourth-order valence-corrected chi connectivity index (χ4v) is 2.75. The summed E-state index contributed by atoms with van der Waals surface area (Å²) in [5, 5.41) is 2.89. The fourth-order valence-electron chi connectivity index (χ4n) is 2.75. The van der Waals surface area contributed by atoms with E-state index in [4.69, 9.17) is 4.74 Å². The monoisotopic (exact) mass is 294 g/mol. The van der Waals surface area contributed by atoms with E-state index >= 15 is 0 Å². The van der Waals surface area contributed by atoms with E-state index in [0.29, 0.717) is 24.8 Å². The number of piperidine rings is 1. The predicted molar refractivity (Wildman–Crippen MR) is 79.7 cm³/mol. The van der Waals surface area contributed by atoms with Crippen molar-refractivity contribution in [3.8, 4) is 5.75 Å². The lowest BCUT2D eigenvalue weighted by Crippen LogP contribution is -2.40. The van der Waals surface area contributed by atoms with Crippen LogP contribution < -0.4 is 10.1 Å². The first-order valence-corrected chi connectivity index (χ1v) is 7.39. The van der Waals surface area contributed by atoms with E-state index in [2.05, 4.69) is 17.3 Å². The molecule has 1 N–H and O–H groups in total. The summed E-state index contributed by atoms with van der Waals surface area (Å²) in [6, 6.07) is 4.67. The van der Waals surface area contributed by atoms with Crippen LogP contribution in [0.5, 0.6) is 5.75 Å². The van der Waals surface area contributed by atoms with Crippen LogP contribution in [0.2, 0.25) is 0 Å². The lowest BCUT2D eigenvalue weighted by Gasteiger charge is -2.31. The van der Waals surface area contributed by atoms with Gasteiger partial charge in [-0.1, -0.05) is 12.5 Å². The molecule has 5 heteroatoms. The molecule has 1 aliphatic rings. The number of halogens is 1. The van der Waals surface area contributed by atoms with Crippen LogP contribution in [-0.4, -0.2) is 37.6 Å². The van der Waals surface area contributed by atoms with Gasteiger partial charge in [-0.25, -0.2) is 4.39 Å². The van der Waals surface area contributed by atoms with Crippen LogP contribution in [-0.2, 0) is 11.3 Å². The summed E-state index contributed by atoms with van der Waals surface area (Å²) >= 11 is 0. The third kappa shape index (κ3) is 4.43. The number of hydrogen-bond donors (Lipinski definition) is 1. The first-order valence-electron chi connectivity index (χ1n) is 7.39. The van der Waals surface area contributed by atoms with Crippen molar-refractivity contribution >= 4 is 5.91 Å². The molecule has 0 saturated carbocycles. The van der Waals surface area contributed by atoms with Crippen molar-refractivity contribution in [1.82, 2.24) is 10.2 Å². The topological polar surface area (TPSA) is 41.6 Å². The molecule has 0 spiro atoms. The maximum absolute atomic E-state index is 13.1. The van der Waals surface area contributed by atoms with Gasteiger partial charge in [0, 0.05) is 30.6 Å². The van der Waals surface area contributed by atoms with E-state index < -0.39 is 0 Å². The van der Waals surface area contributed by atoms with Crippen molar-refractivity contribution in [2.75, 3.05) is 20.7 Å². The minimum absolute atomic E-state index is 0.0279. The SMILES string of the molecule is COc1cc(F)ccc1CNC(=O)CC1CCCCN1C. The molecule has 1 atom stereocenters. The van der Waals surface area contributed by atoms with E-state index in [1.54, 1.807) is 6.07 Å². The highest BCUT2D eigenvalue weighted by Crippen LogP contribution is 2.20. The smallest absolute Gasteiger partial charge is 0.221 e. The molecule has 1 unspecified atom stereocenters. The van der Waals surface area contributed by atoms with Gasteiger partial charge in [0.05, 0.1) is 7.11 Å². The number of rotatable bonds is 5. The maximum Gasteiger partial charge on any atom is 0.221 e. The Hall–Kier alpha value is -1.62. The molecule has 1 saturated heterocycles. The number of hydrogen-bond acceptors (Lipinski definition) is 3. The molecule has 1 aliphatic heterocycles. The van der Waals surface area contributed by atoms with Crippen LogP contribution in [0.4, 0.5) is 4.39 Å². The number of ether oxygens (including phenoxy) is 1. The van der Waals surface area contributed by atoms with Crippen molar-refractivity contribution in [3.05, 3.63) is 29.6 Å². The van der Waals surface area contributed by atoms with Gasteiger partial charge >= 0.3 is 0 Å². The van der Waals surface area contributed by atoms with Gasteiger partial charge in [0.2, 0.25) is 5.91 Å². The lowest BCUT2D eigenvalue weighted by molar-refractivity contribution is -0.122. The van der Waals surface area contributed by atoms with Crippen molar-refractivity contribution in [2.45, 2.75) is 38.3 Å². The Morgan fingerprint density at radius 1 is 1.48 bits per heavy atom. The van der Waals surface area contributed by atoms with E-state index in [9.17, 15) is 9.18 Å². The molecular weight excluding hydrogens is 271 g/mol. The number of nitrogens with zero attached hydrogens (tertiary/aromatic N) is 1. The third-order valence-electron chi connectivity index (χ3n) is 4.07. The van der Waals surface area contributed by atoms with E-state index in [0.717, 1.165) is 18.5 Å². The molecular formula is C16H23FN2O2. The Bertz CT molecular complexity index is 493. The first kappa shape index (κ1) is 15.8. The van der Waals surface area contributed by atoms with Gasteiger partial charge in [-0.3, -0.25) is 4.79 Å². The molecule has 116 valence electrons. The Morgan fingerprint density at radius 2 is 2.29 bits per heavy atom. The summed E-state index contributed by atoms with van der Waals surface area (Å²) in [4.78, 5) is 14.3. The number of carbonyl (C=O) groups excluding carboxylic acids is 1. The Balaban J connectivity index is 1.86. The summed E-state index contributed by atoms with van der Waals surface area (Å²) < 4.78 is 18.2. The van der Waals surface area contributed by atoms with Crippen LogP contribution in [0.3, 0.4) is 0 Å². The minimum Gasteiger partial charge on any atom is -0.496 e. The molecule has 0 aromatic heterocycles. The minimum atomic E-state index is -0.342. The van der Waals surface area contributed by atoms with Crippen LogP contribution in [0, 0.1) is 5.82 Å². The molecule has 1 aromatic carbocycles. The summed E-state index contributed by atoms with van der Waals surface area (Å²) in [7, 11) is 3.57. The van der Waals surface area contributed by atoms with E-state index in [1.807, 2.05) is 0 Å². The number of likely N-dealkylation sites (tertiary alicyclic amines) is 1. The van der Waals surface area contributed by atoms with Crippen molar-refractivity contribution in [2.24, 2.45) is 0 Å². The maximum atomic E-state index is 13.1. The van der Waals surface area contributed by atoms with E-state index in [1.165, 1.54) is 32.1 Å². The number of methoxy groups -OCH3 is 1. The molecule has 0 aliphatic carbocycles. The second kappa shape index (κ2) is 7.41. The molecule has 1 aromatic rings. The van der Waals surface area contributed by atoms with Gasteiger partial charge < -0.3 is 15.0 Å². The van der Waals surface area contributed by atoms with E-state index in [-0.39, 0.29) is 11.7 Å². The Labute approximate surface area is 125 Å². The fraction of sp³-hybridized carbons (Fsp3) is 0.562. The van der Waals surface area contributed by atoms with Gasteiger partial charge in [0.1, 0.15) is 11.6 Å².